The zero-order chi connectivity index (χ0) is 20.8. The fraction of sp³-hybridized carbons (Fsp3) is 0.350. The molecule has 2 aromatic heterocycles. The molecule has 0 saturated carbocycles. The molecule has 0 aliphatic carbocycles. The lowest BCUT2D eigenvalue weighted by molar-refractivity contribution is 0.289. The summed E-state index contributed by atoms with van der Waals surface area (Å²) in [6, 6.07) is 4.29. The van der Waals surface area contributed by atoms with Crippen molar-refractivity contribution in [2.75, 3.05) is 11.4 Å². The molecule has 30 heavy (non-hydrogen) atoms. The lowest BCUT2D eigenvalue weighted by Gasteiger charge is -2.17. The van der Waals surface area contributed by atoms with E-state index in [-0.39, 0.29) is 29.5 Å². The molecule has 1 saturated heterocycles. The van der Waals surface area contributed by atoms with E-state index >= 15 is 0 Å². The first-order chi connectivity index (χ1) is 14.5. The molecule has 1 unspecified atom stereocenters. The molecule has 0 N–H and O–H groups in total. The minimum atomic E-state index is -0.862. The van der Waals surface area contributed by atoms with Gasteiger partial charge in [-0.05, 0) is 30.5 Å². The van der Waals surface area contributed by atoms with Gasteiger partial charge in [-0.25, -0.2) is 13.6 Å². The van der Waals surface area contributed by atoms with Gasteiger partial charge < -0.3 is 14.4 Å². The maximum absolute atomic E-state index is 14.4. The van der Waals surface area contributed by atoms with E-state index in [1.54, 1.807) is 17.7 Å². The normalized spacial score (nSPS) is 17.2. The van der Waals surface area contributed by atoms with Crippen molar-refractivity contribution in [3.63, 3.8) is 0 Å². The third-order valence-electron chi connectivity index (χ3n) is 5.38. The first kappa shape index (κ1) is 18.6. The second-order valence-corrected chi connectivity index (χ2v) is 7.46. The molecular weight excluding hydrogens is 396 g/mol. The molecular formula is C20H19F2N5O3. The van der Waals surface area contributed by atoms with Gasteiger partial charge in [0.25, 0.3) is 0 Å². The van der Waals surface area contributed by atoms with Gasteiger partial charge in [0.15, 0.2) is 23.1 Å². The minimum absolute atomic E-state index is 0.135. The molecule has 4 heterocycles. The quantitative estimate of drug-likeness (QED) is 0.638. The average molecular weight is 415 g/mol. The van der Waals surface area contributed by atoms with Crippen molar-refractivity contribution < 1.29 is 18.3 Å². The Morgan fingerprint density at radius 1 is 1.23 bits per heavy atom. The number of fused-ring (bicyclic) bond motifs is 3. The lowest BCUT2D eigenvalue weighted by atomic mass is 10.2. The summed E-state index contributed by atoms with van der Waals surface area (Å²) in [4.78, 5) is 18.4. The summed E-state index contributed by atoms with van der Waals surface area (Å²) < 4.78 is 42.7. The van der Waals surface area contributed by atoms with Crippen LogP contribution in [0, 0.1) is 11.6 Å². The second-order valence-electron chi connectivity index (χ2n) is 7.46. The second kappa shape index (κ2) is 7.12. The van der Waals surface area contributed by atoms with Crippen LogP contribution in [0.2, 0.25) is 0 Å². The number of hydrogen-bond acceptors (Lipinski definition) is 6. The van der Waals surface area contributed by atoms with Crippen molar-refractivity contribution in [1.29, 1.82) is 0 Å². The topological polar surface area (TPSA) is 74.4 Å². The number of halogens is 2. The van der Waals surface area contributed by atoms with Crippen LogP contribution in [0.1, 0.15) is 18.4 Å². The van der Waals surface area contributed by atoms with Crippen molar-refractivity contribution in [2.24, 2.45) is 7.05 Å². The number of rotatable bonds is 5. The van der Waals surface area contributed by atoms with E-state index in [4.69, 9.17) is 9.47 Å². The van der Waals surface area contributed by atoms with Gasteiger partial charge >= 0.3 is 5.69 Å². The lowest BCUT2D eigenvalue weighted by Crippen LogP contribution is -2.24. The highest BCUT2D eigenvalue weighted by molar-refractivity contribution is 5.48. The van der Waals surface area contributed by atoms with E-state index in [0.717, 1.165) is 37.3 Å². The van der Waals surface area contributed by atoms with Crippen LogP contribution in [-0.4, -0.2) is 31.9 Å². The Bertz CT molecular complexity index is 1150. The van der Waals surface area contributed by atoms with Gasteiger partial charge in [0.1, 0.15) is 12.4 Å². The fourth-order valence-corrected chi connectivity index (χ4v) is 4.01. The molecule has 0 amide bonds. The van der Waals surface area contributed by atoms with E-state index in [1.165, 1.54) is 17.1 Å². The molecule has 0 bridgehead atoms. The van der Waals surface area contributed by atoms with Crippen molar-refractivity contribution in [3.8, 4) is 17.4 Å². The number of hydrogen-bond donors (Lipinski definition) is 0. The van der Waals surface area contributed by atoms with Crippen LogP contribution >= 0.6 is 0 Å². The Kier molecular flexibility index (Phi) is 4.41. The number of ether oxygens (including phenoxy) is 2. The van der Waals surface area contributed by atoms with Gasteiger partial charge in [-0.2, -0.15) is 10.1 Å². The van der Waals surface area contributed by atoms with Crippen molar-refractivity contribution >= 4 is 5.82 Å². The maximum atomic E-state index is 14.4. The van der Waals surface area contributed by atoms with Gasteiger partial charge in [0.2, 0.25) is 5.88 Å². The van der Waals surface area contributed by atoms with Gasteiger partial charge in [0, 0.05) is 32.2 Å². The number of aryl methyl sites for hydroxylation is 1. The van der Waals surface area contributed by atoms with E-state index in [1.807, 2.05) is 0 Å². The van der Waals surface area contributed by atoms with Gasteiger partial charge in [-0.15, -0.1) is 0 Å². The summed E-state index contributed by atoms with van der Waals surface area (Å²) in [6.07, 6.45) is 4.99. The van der Waals surface area contributed by atoms with Crippen molar-refractivity contribution in [3.05, 3.63) is 58.3 Å². The Morgan fingerprint density at radius 2 is 2.03 bits per heavy atom. The van der Waals surface area contributed by atoms with Crippen LogP contribution in [-0.2, 0) is 20.2 Å². The van der Waals surface area contributed by atoms with Gasteiger partial charge in [-0.3, -0.25) is 9.25 Å². The molecule has 5 rings (SSSR count). The molecule has 156 valence electrons. The number of benzene rings is 1. The molecule has 2 aliphatic rings. The van der Waals surface area contributed by atoms with E-state index in [0.29, 0.717) is 12.6 Å². The van der Waals surface area contributed by atoms with Crippen LogP contribution < -0.4 is 20.1 Å². The summed E-state index contributed by atoms with van der Waals surface area (Å²) in [7, 11) is 1.67. The molecule has 10 heteroatoms. The predicted octanol–water partition coefficient (Wildman–Crippen LogP) is 2.61. The Balaban J connectivity index is 1.33. The van der Waals surface area contributed by atoms with Crippen LogP contribution in [0.5, 0.6) is 17.4 Å². The summed E-state index contributed by atoms with van der Waals surface area (Å²) in [5.41, 5.74) is -0.125. The molecule has 1 fully saturated rings. The monoisotopic (exact) mass is 415 g/mol. The average Bonchev–Trinajstić information content (AvgIpc) is 3.40. The van der Waals surface area contributed by atoms with E-state index < -0.39 is 17.4 Å². The minimum Gasteiger partial charge on any atom is -0.473 e. The molecule has 0 radical (unpaired) electrons. The molecule has 2 aliphatic heterocycles. The molecule has 1 aromatic carbocycles. The third kappa shape index (κ3) is 3.27. The van der Waals surface area contributed by atoms with Gasteiger partial charge in [-0.1, -0.05) is 0 Å². The zero-order valence-electron chi connectivity index (χ0n) is 16.2. The highest BCUT2D eigenvalue weighted by Gasteiger charge is 2.34. The summed E-state index contributed by atoms with van der Waals surface area (Å²) in [5, 5.41) is 3.89. The maximum Gasteiger partial charge on any atom is 0.352 e. The molecule has 1 atom stereocenters. The van der Waals surface area contributed by atoms with Crippen molar-refractivity contribution in [2.45, 2.75) is 32.0 Å². The Morgan fingerprint density at radius 3 is 2.77 bits per heavy atom. The largest absolute Gasteiger partial charge is 0.473 e. The Labute approximate surface area is 170 Å². The van der Waals surface area contributed by atoms with Crippen LogP contribution in [0.4, 0.5) is 14.6 Å². The SMILES string of the molecule is Cn1cc(Oc2c(F)cc(COc3cc4n(c(=O)n3)CC3CCCN43)cc2F)cn1. The summed E-state index contributed by atoms with van der Waals surface area (Å²) in [5.74, 6) is -1.10. The first-order valence-corrected chi connectivity index (χ1v) is 9.63. The zero-order valence-corrected chi connectivity index (χ0v) is 16.2. The van der Waals surface area contributed by atoms with Crippen LogP contribution in [0.25, 0.3) is 0 Å². The number of anilines is 1. The first-order valence-electron chi connectivity index (χ1n) is 9.63. The van der Waals surface area contributed by atoms with E-state index in [2.05, 4.69) is 15.0 Å². The Hall–Kier alpha value is -3.43. The summed E-state index contributed by atoms with van der Waals surface area (Å²) >= 11 is 0. The molecule has 0 spiro atoms. The highest BCUT2D eigenvalue weighted by Crippen LogP contribution is 2.33. The van der Waals surface area contributed by atoms with Crippen molar-refractivity contribution in [1.82, 2.24) is 19.3 Å². The molecule has 3 aromatic rings. The van der Waals surface area contributed by atoms with Gasteiger partial charge in [0.05, 0.1) is 12.4 Å². The highest BCUT2D eigenvalue weighted by atomic mass is 19.1. The smallest absolute Gasteiger partial charge is 0.352 e. The van der Waals surface area contributed by atoms with E-state index in [9.17, 15) is 13.6 Å². The number of aromatic nitrogens is 4. The molecule has 8 nitrogen and oxygen atoms in total. The fourth-order valence-electron chi connectivity index (χ4n) is 4.01. The van der Waals surface area contributed by atoms with Crippen LogP contribution in [0.3, 0.4) is 0 Å². The standard InChI is InChI=1S/C20H19F2N5O3/c1-25-10-14(8-23-25)30-19-15(21)5-12(6-16(19)22)11-29-17-7-18-26-4-2-3-13(26)9-27(18)20(28)24-17/h5-8,10,13H,2-4,9,11H2,1H3. The number of nitrogens with zero attached hydrogens (tertiary/aromatic N) is 5. The van der Waals surface area contributed by atoms with Crippen LogP contribution in [0.15, 0.2) is 35.4 Å². The summed E-state index contributed by atoms with van der Waals surface area (Å²) in [6.45, 7) is 1.39. The predicted molar refractivity (Wildman–Crippen MR) is 103 cm³/mol. The third-order valence-corrected chi connectivity index (χ3v) is 5.38.